The second kappa shape index (κ2) is 6.38. The number of benzene rings is 2. The zero-order chi connectivity index (χ0) is 17.2. The quantitative estimate of drug-likeness (QED) is 0.703. The maximum Gasteiger partial charge on any atom is 0.269 e. The lowest BCUT2D eigenvalue weighted by atomic mass is 10.2. The molecule has 0 fully saturated rings. The van der Waals surface area contributed by atoms with Gasteiger partial charge in [-0.15, -0.1) is 4.83 Å². The molecule has 1 heterocycles. The number of hydrogen-bond donors (Lipinski definition) is 3. The van der Waals surface area contributed by atoms with Gasteiger partial charge in [0.1, 0.15) is 19.0 Å². The van der Waals surface area contributed by atoms with Crippen molar-refractivity contribution in [2.45, 2.75) is 4.90 Å². The molecule has 0 bridgehead atoms. The van der Waals surface area contributed by atoms with Crippen molar-refractivity contribution in [1.82, 2.24) is 10.3 Å². The van der Waals surface area contributed by atoms with E-state index in [-0.39, 0.29) is 16.2 Å². The van der Waals surface area contributed by atoms with Crippen molar-refractivity contribution in [1.29, 1.82) is 0 Å². The number of amides is 1. The van der Waals surface area contributed by atoms with Gasteiger partial charge in [-0.1, -0.05) is 12.1 Å². The average molecular weight is 350 g/mol. The molecule has 2 aromatic carbocycles. The number of nitrogens with one attached hydrogen (secondary N) is 2. The van der Waals surface area contributed by atoms with Crippen LogP contribution in [0.2, 0.25) is 0 Å². The lowest BCUT2D eigenvalue weighted by Crippen LogP contribution is -2.41. The van der Waals surface area contributed by atoms with Crippen LogP contribution in [-0.2, 0) is 10.0 Å². The number of aromatic hydroxyl groups is 1. The highest BCUT2D eigenvalue weighted by Gasteiger charge is 2.20. The Labute approximate surface area is 138 Å². The third-order valence-corrected chi connectivity index (χ3v) is 4.52. The third kappa shape index (κ3) is 3.26. The van der Waals surface area contributed by atoms with Crippen molar-refractivity contribution in [2.24, 2.45) is 0 Å². The number of hydrogen-bond acceptors (Lipinski definition) is 6. The summed E-state index contributed by atoms with van der Waals surface area (Å²) in [5.41, 5.74) is 2.00. The zero-order valence-electron chi connectivity index (χ0n) is 12.4. The summed E-state index contributed by atoms with van der Waals surface area (Å²) in [5, 5.41) is 9.59. The molecule has 0 unspecified atom stereocenters. The van der Waals surface area contributed by atoms with E-state index in [4.69, 9.17) is 9.47 Å². The molecule has 24 heavy (non-hydrogen) atoms. The molecule has 0 saturated heterocycles. The van der Waals surface area contributed by atoms with Gasteiger partial charge >= 0.3 is 0 Å². The summed E-state index contributed by atoms with van der Waals surface area (Å²) in [7, 11) is -4.01. The fourth-order valence-corrected chi connectivity index (χ4v) is 2.95. The van der Waals surface area contributed by atoms with E-state index in [9.17, 15) is 18.3 Å². The molecule has 8 nitrogen and oxygen atoms in total. The summed E-state index contributed by atoms with van der Waals surface area (Å²) in [6.07, 6.45) is 0. The van der Waals surface area contributed by atoms with Crippen LogP contribution >= 0.6 is 0 Å². The zero-order valence-corrected chi connectivity index (χ0v) is 13.2. The highest BCUT2D eigenvalue weighted by Crippen LogP contribution is 2.32. The molecular weight excluding hydrogens is 336 g/mol. The van der Waals surface area contributed by atoms with Gasteiger partial charge in [0.15, 0.2) is 11.5 Å². The van der Waals surface area contributed by atoms with Gasteiger partial charge in [-0.05, 0) is 24.3 Å². The van der Waals surface area contributed by atoms with E-state index < -0.39 is 15.9 Å². The van der Waals surface area contributed by atoms with Gasteiger partial charge in [0.2, 0.25) is 0 Å². The molecule has 126 valence electrons. The standard InChI is InChI=1S/C15H14N2O6S/c18-12-4-2-1-3-11(12)15(19)16-17-24(20,21)10-5-6-13-14(9-10)23-8-7-22-13/h1-6,9,17-18H,7-8H2,(H,16,19). The fraction of sp³-hybridized carbons (Fsp3) is 0.133. The van der Waals surface area contributed by atoms with Crippen molar-refractivity contribution in [3.8, 4) is 17.2 Å². The number of fused-ring (bicyclic) bond motifs is 1. The summed E-state index contributed by atoms with van der Waals surface area (Å²) >= 11 is 0. The minimum atomic E-state index is -4.01. The minimum Gasteiger partial charge on any atom is -0.507 e. The highest BCUT2D eigenvalue weighted by atomic mass is 32.2. The van der Waals surface area contributed by atoms with Crippen molar-refractivity contribution >= 4 is 15.9 Å². The van der Waals surface area contributed by atoms with Crippen LogP contribution in [0.3, 0.4) is 0 Å². The van der Waals surface area contributed by atoms with Gasteiger partial charge in [-0.25, -0.2) is 8.42 Å². The van der Waals surface area contributed by atoms with E-state index in [1.165, 1.54) is 30.3 Å². The Balaban J connectivity index is 1.75. The number of phenols is 1. The molecule has 9 heteroatoms. The van der Waals surface area contributed by atoms with E-state index in [0.717, 1.165) is 0 Å². The summed E-state index contributed by atoms with van der Waals surface area (Å²) in [6, 6.07) is 9.90. The predicted molar refractivity (Wildman–Crippen MR) is 83.3 cm³/mol. The van der Waals surface area contributed by atoms with E-state index >= 15 is 0 Å². The van der Waals surface area contributed by atoms with Crippen LogP contribution in [0.1, 0.15) is 10.4 Å². The SMILES string of the molecule is O=C(NNS(=O)(=O)c1ccc2c(c1)OCCO2)c1ccccc1O. The molecule has 1 aliphatic heterocycles. The van der Waals surface area contributed by atoms with Gasteiger partial charge in [-0.2, -0.15) is 0 Å². The maximum absolute atomic E-state index is 12.3. The number of ether oxygens (including phenoxy) is 2. The van der Waals surface area contributed by atoms with Gasteiger partial charge in [-0.3, -0.25) is 10.2 Å². The average Bonchev–Trinajstić information content (AvgIpc) is 2.60. The smallest absolute Gasteiger partial charge is 0.269 e. The fourth-order valence-electron chi connectivity index (χ4n) is 2.10. The molecule has 1 amide bonds. The van der Waals surface area contributed by atoms with Crippen LogP contribution in [0.25, 0.3) is 0 Å². The lowest BCUT2D eigenvalue weighted by molar-refractivity contribution is 0.0942. The Morgan fingerprint density at radius 1 is 1.04 bits per heavy atom. The number of sulfonamides is 1. The van der Waals surface area contributed by atoms with Crippen LogP contribution < -0.4 is 19.7 Å². The number of hydrazine groups is 1. The van der Waals surface area contributed by atoms with Crippen LogP contribution in [0.4, 0.5) is 0 Å². The van der Waals surface area contributed by atoms with Crippen molar-refractivity contribution < 1.29 is 27.8 Å². The molecule has 0 aromatic heterocycles. The second-order valence-corrected chi connectivity index (χ2v) is 6.56. The first-order valence-corrected chi connectivity index (χ1v) is 8.45. The molecule has 3 rings (SSSR count). The molecule has 0 atom stereocenters. The number of rotatable bonds is 4. The monoisotopic (exact) mass is 350 g/mol. The largest absolute Gasteiger partial charge is 0.507 e. The van der Waals surface area contributed by atoms with Gasteiger partial charge in [0.05, 0.1) is 10.5 Å². The Morgan fingerprint density at radius 2 is 1.75 bits per heavy atom. The Morgan fingerprint density at radius 3 is 2.50 bits per heavy atom. The summed E-state index contributed by atoms with van der Waals surface area (Å²) < 4.78 is 35.2. The van der Waals surface area contributed by atoms with Crippen LogP contribution in [0, 0.1) is 0 Å². The Kier molecular flexibility index (Phi) is 4.28. The normalized spacial score (nSPS) is 13.3. The molecule has 0 spiro atoms. The number of phenolic OH excluding ortho intramolecular Hbond substituents is 1. The lowest BCUT2D eigenvalue weighted by Gasteiger charge is -2.19. The minimum absolute atomic E-state index is 0.0534. The van der Waals surface area contributed by atoms with E-state index in [0.29, 0.717) is 24.7 Å². The van der Waals surface area contributed by atoms with Crippen molar-refractivity contribution in [2.75, 3.05) is 13.2 Å². The van der Waals surface area contributed by atoms with Crippen molar-refractivity contribution in [3.63, 3.8) is 0 Å². The van der Waals surface area contributed by atoms with Crippen LogP contribution in [-0.4, -0.2) is 32.6 Å². The van der Waals surface area contributed by atoms with Crippen molar-refractivity contribution in [3.05, 3.63) is 48.0 Å². The summed E-state index contributed by atoms with van der Waals surface area (Å²) in [6.45, 7) is 0.724. The first kappa shape index (κ1) is 16.1. The molecular formula is C15H14N2O6S. The van der Waals surface area contributed by atoms with E-state index in [1.807, 2.05) is 10.3 Å². The molecule has 1 aliphatic rings. The molecule has 0 radical (unpaired) electrons. The van der Waals surface area contributed by atoms with E-state index in [2.05, 4.69) is 0 Å². The topological polar surface area (TPSA) is 114 Å². The van der Waals surface area contributed by atoms with Crippen LogP contribution in [0.15, 0.2) is 47.4 Å². The number of para-hydroxylation sites is 1. The summed E-state index contributed by atoms with van der Waals surface area (Å²) in [4.78, 5) is 13.8. The van der Waals surface area contributed by atoms with Gasteiger partial charge < -0.3 is 14.6 Å². The highest BCUT2D eigenvalue weighted by molar-refractivity contribution is 7.89. The maximum atomic E-state index is 12.3. The third-order valence-electron chi connectivity index (χ3n) is 3.27. The van der Waals surface area contributed by atoms with Gasteiger partial charge in [0, 0.05) is 6.07 Å². The molecule has 0 aliphatic carbocycles. The molecule has 0 saturated carbocycles. The van der Waals surface area contributed by atoms with Gasteiger partial charge in [0.25, 0.3) is 15.9 Å². The molecule has 3 N–H and O–H groups in total. The van der Waals surface area contributed by atoms with Crippen LogP contribution in [0.5, 0.6) is 17.2 Å². The first-order valence-electron chi connectivity index (χ1n) is 6.97. The second-order valence-electron chi connectivity index (χ2n) is 4.88. The Hall–Kier alpha value is -2.78. The predicted octanol–water partition coefficient (Wildman–Crippen LogP) is 0.787. The Bertz CT molecular complexity index is 881. The first-order chi connectivity index (χ1) is 11.5. The molecule has 2 aromatic rings. The summed E-state index contributed by atoms with van der Waals surface area (Å²) in [5.74, 6) is -0.266. The van der Waals surface area contributed by atoms with E-state index in [1.54, 1.807) is 12.1 Å². The number of carbonyl (C=O) groups is 1. The number of carbonyl (C=O) groups excluding carboxylic acids is 1.